The highest BCUT2D eigenvalue weighted by atomic mass is 32.2. The Kier molecular flexibility index (Phi) is 4.93. The van der Waals surface area contributed by atoms with Gasteiger partial charge in [-0.3, -0.25) is 0 Å². The summed E-state index contributed by atoms with van der Waals surface area (Å²) in [4.78, 5) is 0. The molecule has 2 aromatic carbocycles. The van der Waals surface area contributed by atoms with Crippen LogP contribution in [0.5, 0.6) is 11.5 Å². The summed E-state index contributed by atoms with van der Waals surface area (Å²) in [6, 6.07) is 10.6. The van der Waals surface area contributed by atoms with E-state index in [0.717, 1.165) is 6.07 Å². The average molecular weight is 326 g/mol. The van der Waals surface area contributed by atoms with Gasteiger partial charge in [0.15, 0.2) is 28.5 Å². The predicted octanol–water partition coefficient (Wildman–Crippen LogP) is 4.30. The van der Waals surface area contributed by atoms with Gasteiger partial charge in [-0.05, 0) is 44.0 Å². The van der Waals surface area contributed by atoms with Gasteiger partial charge in [-0.1, -0.05) is 24.3 Å². The Morgan fingerprint density at radius 1 is 1.14 bits per heavy atom. The number of rotatable bonds is 5. The summed E-state index contributed by atoms with van der Waals surface area (Å²) >= 11 is -2.14. The third kappa shape index (κ3) is 3.69. The molecule has 0 fully saturated rings. The third-order valence-corrected chi connectivity index (χ3v) is 4.27. The van der Waals surface area contributed by atoms with E-state index >= 15 is 0 Å². The molecule has 2 rings (SSSR count). The van der Waals surface area contributed by atoms with E-state index < -0.39 is 33.2 Å². The molecule has 3 nitrogen and oxygen atoms in total. The Labute approximate surface area is 130 Å². The van der Waals surface area contributed by atoms with Gasteiger partial charge in [-0.15, -0.1) is 0 Å². The molecule has 1 N–H and O–H groups in total. The summed E-state index contributed by atoms with van der Waals surface area (Å²) in [6.45, 7) is 3.06. The van der Waals surface area contributed by atoms with E-state index in [1.165, 1.54) is 19.9 Å². The fraction of sp³-hybridized carbons (Fsp3) is 0.250. The lowest BCUT2D eigenvalue weighted by Crippen LogP contribution is -2.29. The molecule has 0 amide bonds. The van der Waals surface area contributed by atoms with Gasteiger partial charge in [0.25, 0.3) is 0 Å². The highest BCUT2D eigenvalue weighted by Gasteiger charge is 2.28. The van der Waals surface area contributed by atoms with Gasteiger partial charge in [-0.2, -0.15) is 0 Å². The zero-order chi connectivity index (χ0) is 16.3. The van der Waals surface area contributed by atoms with Gasteiger partial charge < -0.3 is 9.29 Å². The molecular weight excluding hydrogens is 310 g/mol. The van der Waals surface area contributed by atoms with Crippen LogP contribution >= 0.6 is 0 Å². The van der Waals surface area contributed by atoms with Crippen LogP contribution in [-0.4, -0.2) is 13.5 Å². The lowest BCUT2D eigenvalue weighted by atomic mass is 10.0. The van der Waals surface area contributed by atoms with Crippen LogP contribution in [0, 0.1) is 11.6 Å². The predicted molar refractivity (Wildman–Crippen MR) is 81.4 cm³/mol. The minimum atomic E-state index is -2.14. The first kappa shape index (κ1) is 16.6. The van der Waals surface area contributed by atoms with E-state index in [-0.39, 0.29) is 12.0 Å². The van der Waals surface area contributed by atoms with Crippen LogP contribution in [-0.2, 0) is 17.5 Å². The maximum atomic E-state index is 14.5. The van der Waals surface area contributed by atoms with Crippen LogP contribution in [0.3, 0.4) is 0 Å². The second kappa shape index (κ2) is 6.54. The summed E-state index contributed by atoms with van der Waals surface area (Å²) < 4.78 is 53.0. The molecule has 0 unspecified atom stereocenters. The first-order valence-electron chi connectivity index (χ1n) is 6.62. The number of hydrogen-bond donors (Lipinski definition) is 1. The first-order chi connectivity index (χ1) is 10.3. The lowest BCUT2D eigenvalue weighted by molar-refractivity contribution is 0.402. The molecule has 0 spiro atoms. The molecule has 0 aliphatic heterocycles. The Balaban J connectivity index is 2.36. The minimum Gasteiger partial charge on any atom is -0.451 e. The van der Waals surface area contributed by atoms with Gasteiger partial charge >= 0.3 is 0 Å². The van der Waals surface area contributed by atoms with Crippen molar-refractivity contribution in [3.8, 4) is 11.5 Å². The summed E-state index contributed by atoms with van der Waals surface area (Å²) in [6.07, 6.45) is -0.0205. The van der Waals surface area contributed by atoms with Gasteiger partial charge in [0.1, 0.15) is 5.75 Å². The smallest absolute Gasteiger partial charge is 0.198 e. The Hall–Kier alpha value is -1.79. The van der Waals surface area contributed by atoms with Gasteiger partial charge in [0, 0.05) is 0 Å². The second-order valence-electron chi connectivity index (χ2n) is 5.45. The van der Waals surface area contributed by atoms with Crippen molar-refractivity contribution < 1.29 is 22.3 Å². The van der Waals surface area contributed by atoms with Crippen molar-refractivity contribution in [3.63, 3.8) is 0 Å². The topological polar surface area (TPSA) is 46.5 Å². The second-order valence-corrected chi connectivity index (χ2v) is 7.05. The van der Waals surface area contributed by atoms with Crippen LogP contribution in [0.1, 0.15) is 19.4 Å². The van der Waals surface area contributed by atoms with Gasteiger partial charge in [0.05, 0.1) is 4.75 Å². The molecule has 0 heterocycles. The van der Waals surface area contributed by atoms with Crippen molar-refractivity contribution in [2.75, 3.05) is 0 Å². The first-order valence-corrected chi connectivity index (χ1v) is 7.72. The van der Waals surface area contributed by atoms with E-state index in [1.807, 2.05) is 0 Å². The normalized spacial score (nSPS) is 13.0. The molecule has 0 saturated carbocycles. The SMILES string of the molecule is CC(C)(Cc1ccc(F)c(Oc2ccccc2)c1F)[S@@](=O)O. The molecular formula is C16H16F2O3S. The summed E-state index contributed by atoms with van der Waals surface area (Å²) in [5.41, 5.74) is 0.125. The number of halogens is 2. The van der Waals surface area contributed by atoms with Crippen molar-refractivity contribution in [1.82, 2.24) is 0 Å². The summed E-state index contributed by atoms with van der Waals surface area (Å²) in [5, 5.41) is 0. The highest BCUT2D eigenvalue weighted by molar-refractivity contribution is 7.80. The van der Waals surface area contributed by atoms with Crippen molar-refractivity contribution >= 4 is 11.1 Å². The van der Waals surface area contributed by atoms with E-state index in [4.69, 9.17) is 4.74 Å². The minimum absolute atomic E-state index is 0.0205. The standard InChI is InChI=1S/C16H16F2O3S/c1-16(2,22(19)20)10-11-8-9-13(17)15(14(11)18)21-12-6-4-3-5-7-12/h3-9H,10H2,1-2H3,(H,19,20). The molecule has 0 aromatic heterocycles. The summed E-state index contributed by atoms with van der Waals surface area (Å²) in [5.74, 6) is -1.89. The lowest BCUT2D eigenvalue weighted by Gasteiger charge is -2.21. The zero-order valence-corrected chi connectivity index (χ0v) is 13.0. The van der Waals surface area contributed by atoms with Crippen molar-refractivity contribution in [2.45, 2.75) is 25.0 Å². The van der Waals surface area contributed by atoms with E-state index in [9.17, 15) is 17.5 Å². The zero-order valence-electron chi connectivity index (χ0n) is 12.2. The molecule has 0 saturated heterocycles. The van der Waals surface area contributed by atoms with Crippen molar-refractivity contribution in [1.29, 1.82) is 0 Å². The maximum Gasteiger partial charge on any atom is 0.198 e. The largest absolute Gasteiger partial charge is 0.451 e. The van der Waals surface area contributed by atoms with Crippen molar-refractivity contribution in [3.05, 3.63) is 59.7 Å². The third-order valence-electron chi connectivity index (χ3n) is 3.18. The van der Waals surface area contributed by atoms with E-state index in [0.29, 0.717) is 5.75 Å². The Morgan fingerprint density at radius 2 is 1.77 bits per heavy atom. The van der Waals surface area contributed by atoms with Crippen molar-refractivity contribution in [2.24, 2.45) is 0 Å². The Morgan fingerprint density at radius 3 is 2.36 bits per heavy atom. The maximum absolute atomic E-state index is 14.5. The van der Waals surface area contributed by atoms with Crippen LogP contribution in [0.15, 0.2) is 42.5 Å². The molecule has 6 heteroatoms. The molecule has 0 bridgehead atoms. The number of benzene rings is 2. The molecule has 1 atom stereocenters. The van der Waals surface area contributed by atoms with Gasteiger partial charge in [-0.25, -0.2) is 13.0 Å². The van der Waals surface area contributed by atoms with Crippen LogP contribution in [0.4, 0.5) is 8.78 Å². The monoisotopic (exact) mass is 326 g/mol. The van der Waals surface area contributed by atoms with Crippen LogP contribution < -0.4 is 4.74 Å². The average Bonchev–Trinajstić information content (AvgIpc) is 2.47. The number of ether oxygens (including phenoxy) is 1. The fourth-order valence-corrected chi connectivity index (χ4v) is 2.21. The van der Waals surface area contributed by atoms with Crippen LogP contribution in [0.2, 0.25) is 0 Å². The molecule has 22 heavy (non-hydrogen) atoms. The quantitative estimate of drug-likeness (QED) is 0.833. The molecule has 0 aliphatic carbocycles. The number of para-hydroxylation sites is 1. The van der Waals surface area contributed by atoms with E-state index in [1.54, 1.807) is 30.3 Å². The number of hydrogen-bond acceptors (Lipinski definition) is 2. The molecule has 2 aromatic rings. The Bertz CT molecular complexity index is 687. The van der Waals surface area contributed by atoms with Gasteiger partial charge in [0.2, 0.25) is 0 Å². The van der Waals surface area contributed by atoms with E-state index in [2.05, 4.69) is 0 Å². The molecule has 118 valence electrons. The highest BCUT2D eigenvalue weighted by Crippen LogP contribution is 2.31. The molecule has 0 aliphatic rings. The fourth-order valence-electron chi connectivity index (χ4n) is 1.93. The van der Waals surface area contributed by atoms with Crippen LogP contribution in [0.25, 0.3) is 0 Å². The molecule has 0 radical (unpaired) electrons. The summed E-state index contributed by atoms with van der Waals surface area (Å²) in [7, 11) is 0.